The highest BCUT2D eigenvalue weighted by molar-refractivity contribution is 6.24. The van der Waals surface area contributed by atoms with E-state index in [1.54, 1.807) is 7.48 Å². The normalized spacial score (nSPS) is 12.2. The molecule has 0 spiro atoms. The molecular formula is C10H21BNO. The Morgan fingerprint density at radius 3 is 1.62 bits per heavy atom. The number of nitrogens with zero attached hydrogens (tertiary/aromatic N) is 1. The molecule has 0 unspecified atom stereocenters. The van der Waals surface area contributed by atoms with Gasteiger partial charge >= 0.3 is 7.48 Å². The summed E-state index contributed by atoms with van der Waals surface area (Å²) in [6, 6.07) is 0. The average molecular weight is 182 g/mol. The zero-order valence-electron chi connectivity index (χ0n) is 9.93. The van der Waals surface area contributed by atoms with Crippen molar-refractivity contribution in [3.05, 3.63) is 0 Å². The third-order valence-corrected chi connectivity index (χ3v) is 1.67. The smallest absolute Gasteiger partial charge is 0.407 e. The van der Waals surface area contributed by atoms with Gasteiger partial charge in [-0.05, 0) is 6.82 Å². The first-order chi connectivity index (χ1) is 5.69. The van der Waals surface area contributed by atoms with E-state index in [9.17, 15) is 0 Å². The van der Waals surface area contributed by atoms with Gasteiger partial charge < -0.3 is 4.76 Å². The molecule has 0 saturated heterocycles. The summed E-state index contributed by atoms with van der Waals surface area (Å²) in [5.41, 5.74) is 1.20. The molecule has 2 nitrogen and oxygen atoms in total. The lowest BCUT2D eigenvalue weighted by Crippen LogP contribution is -2.33. The molecule has 0 aromatic carbocycles. The lowest BCUT2D eigenvalue weighted by atomic mass is 9.75. The summed E-state index contributed by atoms with van der Waals surface area (Å²) in [5, 5.41) is 4.15. The molecule has 3 heteroatoms. The Hall–Kier alpha value is -0.465. The summed E-state index contributed by atoms with van der Waals surface area (Å²) in [7, 11) is 1.59. The van der Waals surface area contributed by atoms with Gasteiger partial charge in [0.15, 0.2) is 0 Å². The Bertz CT molecular complexity index is 170. The Morgan fingerprint density at radius 2 is 1.38 bits per heavy atom. The highest BCUT2D eigenvalue weighted by atomic mass is 16.6. The molecule has 13 heavy (non-hydrogen) atoms. The van der Waals surface area contributed by atoms with E-state index in [0.29, 0.717) is 0 Å². The van der Waals surface area contributed by atoms with E-state index in [4.69, 9.17) is 4.76 Å². The van der Waals surface area contributed by atoms with Crippen molar-refractivity contribution < 1.29 is 4.76 Å². The fourth-order valence-corrected chi connectivity index (χ4v) is 1.50. The van der Waals surface area contributed by atoms with E-state index in [1.165, 1.54) is 0 Å². The SMILES string of the molecule is C[B]ON=C(C(C)(C)C)C(C)(C)C. The Labute approximate surface area is 83.0 Å². The molecule has 0 fully saturated rings. The molecule has 0 aliphatic carbocycles. The van der Waals surface area contributed by atoms with Gasteiger partial charge in [0.2, 0.25) is 0 Å². The number of hydrogen-bond acceptors (Lipinski definition) is 2. The van der Waals surface area contributed by atoms with E-state index < -0.39 is 0 Å². The number of rotatable bonds is 2. The lowest BCUT2D eigenvalue weighted by Gasteiger charge is -2.31. The first kappa shape index (κ1) is 12.5. The summed E-state index contributed by atoms with van der Waals surface area (Å²) in [6.07, 6.45) is 0. The second-order valence-electron chi connectivity index (χ2n) is 5.28. The van der Waals surface area contributed by atoms with Crippen LogP contribution in [0.2, 0.25) is 6.82 Å². The minimum atomic E-state index is 0.0568. The molecule has 0 aliphatic heterocycles. The second kappa shape index (κ2) is 4.16. The van der Waals surface area contributed by atoms with Crippen molar-refractivity contribution in [3.63, 3.8) is 0 Å². The summed E-state index contributed by atoms with van der Waals surface area (Å²) in [5.74, 6) is 0. The van der Waals surface area contributed by atoms with Gasteiger partial charge in [0.1, 0.15) is 0 Å². The van der Waals surface area contributed by atoms with Crippen molar-refractivity contribution >= 4 is 13.2 Å². The molecule has 75 valence electrons. The largest absolute Gasteiger partial charge is 0.475 e. The van der Waals surface area contributed by atoms with Gasteiger partial charge in [-0.3, -0.25) is 0 Å². The first-order valence-corrected chi connectivity index (χ1v) is 4.72. The molecule has 1 radical (unpaired) electrons. The van der Waals surface area contributed by atoms with Gasteiger partial charge in [0.05, 0.1) is 5.71 Å². The van der Waals surface area contributed by atoms with Crippen molar-refractivity contribution in [2.45, 2.75) is 48.4 Å². The Balaban J connectivity index is 4.78. The fourth-order valence-electron chi connectivity index (χ4n) is 1.50. The molecule has 0 bridgehead atoms. The van der Waals surface area contributed by atoms with E-state index in [2.05, 4.69) is 46.7 Å². The van der Waals surface area contributed by atoms with Gasteiger partial charge in [0, 0.05) is 10.8 Å². The van der Waals surface area contributed by atoms with Crippen LogP contribution in [0.4, 0.5) is 0 Å². The van der Waals surface area contributed by atoms with Crippen LogP contribution < -0.4 is 0 Å². The maximum Gasteiger partial charge on any atom is 0.407 e. The molecule has 0 aliphatic rings. The van der Waals surface area contributed by atoms with Crippen LogP contribution in [0.3, 0.4) is 0 Å². The van der Waals surface area contributed by atoms with Crippen LogP contribution in [0.5, 0.6) is 0 Å². The highest BCUT2D eigenvalue weighted by Crippen LogP contribution is 2.29. The summed E-state index contributed by atoms with van der Waals surface area (Å²) in [4.78, 5) is 0. The first-order valence-electron chi connectivity index (χ1n) is 4.72. The number of hydrogen-bond donors (Lipinski definition) is 0. The van der Waals surface area contributed by atoms with Gasteiger partial charge in [-0.1, -0.05) is 41.5 Å². The van der Waals surface area contributed by atoms with Crippen molar-refractivity contribution in [2.24, 2.45) is 16.0 Å². The summed E-state index contributed by atoms with van der Waals surface area (Å²) < 4.78 is 5.01. The quantitative estimate of drug-likeness (QED) is 0.365. The van der Waals surface area contributed by atoms with Crippen LogP contribution >= 0.6 is 0 Å². The van der Waals surface area contributed by atoms with Crippen molar-refractivity contribution in [1.82, 2.24) is 0 Å². The maximum atomic E-state index is 5.01. The molecule has 0 saturated carbocycles. The highest BCUT2D eigenvalue weighted by Gasteiger charge is 2.30. The Morgan fingerprint density at radius 1 is 1.00 bits per heavy atom. The van der Waals surface area contributed by atoms with Crippen LogP contribution in [-0.4, -0.2) is 13.2 Å². The van der Waals surface area contributed by atoms with Gasteiger partial charge in [-0.25, -0.2) is 0 Å². The van der Waals surface area contributed by atoms with Gasteiger partial charge in [-0.2, -0.15) is 0 Å². The van der Waals surface area contributed by atoms with Crippen LogP contribution in [-0.2, 0) is 4.76 Å². The monoisotopic (exact) mass is 182 g/mol. The molecule has 0 N–H and O–H groups in total. The van der Waals surface area contributed by atoms with Crippen LogP contribution in [0, 0.1) is 10.8 Å². The minimum absolute atomic E-state index is 0.0568. The van der Waals surface area contributed by atoms with E-state index in [1.807, 2.05) is 6.82 Å². The predicted octanol–water partition coefficient (Wildman–Crippen LogP) is 3.12. The zero-order valence-corrected chi connectivity index (χ0v) is 9.93. The van der Waals surface area contributed by atoms with Crippen LogP contribution in [0.25, 0.3) is 0 Å². The van der Waals surface area contributed by atoms with E-state index in [0.717, 1.165) is 5.71 Å². The maximum absolute atomic E-state index is 5.01. The van der Waals surface area contributed by atoms with Crippen LogP contribution in [0.1, 0.15) is 41.5 Å². The molecule has 0 heterocycles. The predicted molar refractivity (Wildman–Crippen MR) is 59.0 cm³/mol. The molecule has 0 amide bonds. The topological polar surface area (TPSA) is 21.6 Å². The molecule has 0 aromatic rings. The molecule has 0 aromatic heterocycles. The standard InChI is InChI=1S/C10H21BNO/c1-9(2,3)8(10(4,5)6)12-13-11-7/h1-7H3. The third-order valence-electron chi connectivity index (χ3n) is 1.67. The summed E-state index contributed by atoms with van der Waals surface area (Å²) in [6.45, 7) is 14.7. The second-order valence-corrected chi connectivity index (χ2v) is 5.28. The van der Waals surface area contributed by atoms with Crippen molar-refractivity contribution in [3.8, 4) is 0 Å². The molecule has 0 atom stereocenters. The molecular weight excluding hydrogens is 161 g/mol. The molecule has 0 rings (SSSR count). The minimum Gasteiger partial charge on any atom is -0.475 e. The van der Waals surface area contributed by atoms with Gasteiger partial charge in [0.25, 0.3) is 0 Å². The van der Waals surface area contributed by atoms with E-state index >= 15 is 0 Å². The third kappa shape index (κ3) is 4.35. The number of oxime groups is 1. The lowest BCUT2D eigenvalue weighted by molar-refractivity contribution is 0.337. The summed E-state index contributed by atoms with van der Waals surface area (Å²) >= 11 is 0. The Kier molecular flexibility index (Phi) is 4.01. The average Bonchev–Trinajstić information content (AvgIpc) is 1.81. The van der Waals surface area contributed by atoms with Crippen molar-refractivity contribution in [2.75, 3.05) is 0 Å². The zero-order chi connectivity index (χ0) is 10.7. The van der Waals surface area contributed by atoms with Crippen molar-refractivity contribution in [1.29, 1.82) is 0 Å². The van der Waals surface area contributed by atoms with Gasteiger partial charge in [-0.15, -0.1) is 5.16 Å². The fraction of sp³-hybridized carbons (Fsp3) is 0.900. The van der Waals surface area contributed by atoms with Crippen LogP contribution in [0.15, 0.2) is 5.16 Å². The van der Waals surface area contributed by atoms with E-state index in [-0.39, 0.29) is 10.8 Å².